The molecular formula is C13H21ClN2O2S. The van der Waals surface area contributed by atoms with E-state index in [1.807, 2.05) is 12.1 Å². The van der Waals surface area contributed by atoms with Crippen molar-refractivity contribution in [2.45, 2.75) is 32.7 Å². The number of amides is 2. The van der Waals surface area contributed by atoms with Gasteiger partial charge in [-0.15, -0.1) is 11.3 Å². The van der Waals surface area contributed by atoms with Crippen molar-refractivity contribution < 1.29 is 9.90 Å². The molecule has 0 aliphatic rings. The van der Waals surface area contributed by atoms with Crippen LogP contribution in [0, 0.1) is 5.92 Å². The molecular weight excluding hydrogens is 284 g/mol. The van der Waals surface area contributed by atoms with Crippen LogP contribution in [0.3, 0.4) is 0 Å². The minimum Gasteiger partial charge on any atom is -0.394 e. The van der Waals surface area contributed by atoms with Crippen LogP contribution in [0.2, 0.25) is 4.34 Å². The van der Waals surface area contributed by atoms with Crippen LogP contribution in [0.1, 0.15) is 25.1 Å². The van der Waals surface area contributed by atoms with E-state index in [9.17, 15) is 9.90 Å². The lowest BCUT2D eigenvalue weighted by Crippen LogP contribution is -2.44. The van der Waals surface area contributed by atoms with Crippen molar-refractivity contribution in [1.82, 2.24) is 10.6 Å². The number of rotatable bonds is 7. The Hall–Kier alpha value is -0.780. The molecule has 0 saturated heterocycles. The zero-order valence-corrected chi connectivity index (χ0v) is 12.9. The van der Waals surface area contributed by atoms with Crippen molar-refractivity contribution >= 4 is 29.0 Å². The van der Waals surface area contributed by atoms with Crippen LogP contribution >= 0.6 is 22.9 Å². The van der Waals surface area contributed by atoms with E-state index >= 15 is 0 Å². The van der Waals surface area contributed by atoms with E-state index in [-0.39, 0.29) is 18.7 Å². The first-order chi connectivity index (χ1) is 9.01. The minimum absolute atomic E-state index is 0.0356. The van der Waals surface area contributed by atoms with E-state index < -0.39 is 0 Å². The van der Waals surface area contributed by atoms with E-state index in [1.165, 1.54) is 11.3 Å². The van der Waals surface area contributed by atoms with Gasteiger partial charge in [0.1, 0.15) is 0 Å². The summed E-state index contributed by atoms with van der Waals surface area (Å²) in [4.78, 5) is 12.8. The lowest BCUT2D eigenvalue weighted by Gasteiger charge is -2.18. The Morgan fingerprint density at radius 3 is 2.74 bits per heavy atom. The molecule has 4 nitrogen and oxygen atoms in total. The molecule has 0 spiro atoms. The van der Waals surface area contributed by atoms with Crippen LogP contribution in [0.4, 0.5) is 4.79 Å². The molecule has 0 aliphatic heterocycles. The second-order valence-corrected chi connectivity index (χ2v) is 6.66. The Kier molecular flexibility index (Phi) is 7.20. The quantitative estimate of drug-likeness (QED) is 0.725. The Morgan fingerprint density at radius 1 is 1.47 bits per heavy atom. The van der Waals surface area contributed by atoms with Gasteiger partial charge in [0, 0.05) is 11.4 Å². The van der Waals surface area contributed by atoms with E-state index in [0.29, 0.717) is 12.5 Å². The first-order valence-electron chi connectivity index (χ1n) is 6.40. The van der Waals surface area contributed by atoms with E-state index in [4.69, 9.17) is 11.6 Å². The lowest BCUT2D eigenvalue weighted by atomic mass is 10.0. The van der Waals surface area contributed by atoms with Crippen molar-refractivity contribution in [2.75, 3.05) is 13.2 Å². The van der Waals surface area contributed by atoms with Gasteiger partial charge in [0.15, 0.2) is 0 Å². The predicted octanol–water partition coefficient (Wildman–Crippen LogP) is 2.65. The number of urea groups is 1. The van der Waals surface area contributed by atoms with Crippen LogP contribution in [0.15, 0.2) is 12.1 Å². The van der Waals surface area contributed by atoms with Crippen LogP contribution in [-0.4, -0.2) is 30.3 Å². The Labute approximate surface area is 123 Å². The van der Waals surface area contributed by atoms with Gasteiger partial charge in [-0.1, -0.05) is 25.4 Å². The summed E-state index contributed by atoms with van der Waals surface area (Å²) < 4.78 is 0.761. The number of carbonyl (C=O) groups excluding carboxylic acids is 1. The van der Waals surface area contributed by atoms with Gasteiger partial charge in [0.25, 0.3) is 0 Å². The molecule has 1 unspecified atom stereocenters. The first kappa shape index (κ1) is 16.3. The fraction of sp³-hybridized carbons (Fsp3) is 0.615. The molecule has 0 saturated carbocycles. The molecule has 6 heteroatoms. The maximum Gasteiger partial charge on any atom is 0.315 e. The molecule has 19 heavy (non-hydrogen) atoms. The highest BCUT2D eigenvalue weighted by Gasteiger charge is 2.12. The number of thiophene rings is 1. The molecule has 0 aromatic carbocycles. The highest BCUT2D eigenvalue weighted by molar-refractivity contribution is 7.16. The molecule has 3 N–H and O–H groups in total. The van der Waals surface area contributed by atoms with Gasteiger partial charge in [-0.2, -0.15) is 0 Å². The van der Waals surface area contributed by atoms with Crippen molar-refractivity contribution in [2.24, 2.45) is 5.92 Å². The average Bonchev–Trinajstić information content (AvgIpc) is 2.73. The third-order valence-corrected chi connectivity index (χ3v) is 3.89. The monoisotopic (exact) mass is 304 g/mol. The van der Waals surface area contributed by atoms with Gasteiger partial charge < -0.3 is 15.7 Å². The third-order valence-electron chi connectivity index (χ3n) is 2.60. The molecule has 1 aromatic heterocycles. The normalized spacial score (nSPS) is 12.5. The van der Waals surface area contributed by atoms with Gasteiger partial charge in [0.2, 0.25) is 0 Å². The Balaban J connectivity index is 2.23. The van der Waals surface area contributed by atoms with Gasteiger partial charge in [-0.3, -0.25) is 0 Å². The van der Waals surface area contributed by atoms with Gasteiger partial charge >= 0.3 is 6.03 Å². The molecule has 0 radical (unpaired) electrons. The maximum atomic E-state index is 11.6. The number of nitrogens with one attached hydrogen (secondary N) is 2. The fourth-order valence-corrected chi connectivity index (χ4v) is 2.86. The molecule has 1 heterocycles. The number of halogens is 1. The zero-order chi connectivity index (χ0) is 14.3. The zero-order valence-electron chi connectivity index (χ0n) is 11.3. The Morgan fingerprint density at radius 2 is 2.21 bits per heavy atom. The largest absolute Gasteiger partial charge is 0.394 e. The highest BCUT2D eigenvalue weighted by Crippen LogP contribution is 2.21. The van der Waals surface area contributed by atoms with Crippen molar-refractivity contribution in [3.05, 3.63) is 21.3 Å². The molecule has 1 atom stereocenters. The standard InChI is InChI=1S/C13H21ClN2O2S/c1-9(2)7-10(8-17)16-13(18)15-6-5-11-3-4-12(14)19-11/h3-4,9-10,17H,5-8H2,1-2H3,(H2,15,16,18). The molecule has 0 bridgehead atoms. The average molecular weight is 305 g/mol. The first-order valence-corrected chi connectivity index (χ1v) is 7.60. The molecule has 2 amide bonds. The SMILES string of the molecule is CC(C)CC(CO)NC(=O)NCCc1ccc(Cl)s1. The third kappa shape index (κ3) is 6.80. The van der Waals surface area contributed by atoms with Crippen molar-refractivity contribution in [1.29, 1.82) is 0 Å². The van der Waals surface area contributed by atoms with Gasteiger partial charge in [-0.05, 0) is 30.9 Å². The van der Waals surface area contributed by atoms with E-state index in [1.54, 1.807) is 0 Å². The van der Waals surface area contributed by atoms with Gasteiger partial charge in [-0.25, -0.2) is 4.79 Å². The summed E-state index contributed by atoms with van der Waals surface area (Å²) in [5.74, 6) is 0.436. The van der Waals surface area contributed by atoms with Crippen molar-refractivity contribution in [3.63, 3.8) is 0 Å². The smallest absolute Gasteiger partial charge is 0.315 e. The van der Waals surface area contributed by atoms with Crippen LogP contribution < -0.4 is 10.6 Å². The maximum absolute atomic E-state index is 11.6. The lowest BCUT2D eigenvalue weighted by molar-refractivity contribution is 0.207. The van der Waals surface area contributed by atoms with Crippen LogP contribution in [0.5, 0.6) is 0 Å². The topological polar surface area (TPSA) is 61.4 Å². The van der Waals surface area contributed by atoms with E-state index in [0.717, 1.165) is 22.1 Å². The number of hydrogen-bond acceptors (Lipinski definition) is 3. The molecule has 0 aliphatic carbocycles. The summed E-state index contributed by atoms with van der Waals surface area (Å²) in [6.45, 7) is 4.64. The fourth-order valence-electron chi connectivity index (χ4n) is 1.77. The Bertz CT molecular complexity index is 396. The number of aliphatic hydroxyl groups is 1. The summed E-state index contributed by atoms with van der Waals surface area (Å²) in [6.07, 6.45) is 1.53. The number of hydrogen-bond donors (Lipinski definition) is 3. The predicted molar refractivity (Wildman–Crippen MR) is 79.9 cm³/mol. The summed E-state index contributed by atoms with van der Waals surface area (Å²) in [5.41, 5.74) is 0. The van der Waals surface area contributed by atoms with E-state index in [2.05, 4.69) is 24.5 Å². The molecule has 1 aromatic rings. The second kappa shape index (κ2) is 8.40. The molecule has 108 valence electrons. The number of aliphatic hydroxyl groups excluding tert-OH is 1. The minimum atomic E-state index is -0.234. The second-order valence-electron chi connectivity index (χ2n) is 4.87. The molecule has 1 rings (SSSR count). The summed E-state index contributed by atoms with van der Waals surface area (Å²) >= 11 is 7.35. The van der Waals surface area contributed by atoms with Gasteiger partial charge in [0.05, 0.1) is 17.0 Å². The summed E-state index contributed by atoms with van der Waals surface area (Å²) in [7, 11) is 0. The van der Waals surface area contributed by atoms with Crippen molar-refractivity contribution in [3.8, 4) is 0 Å². The highest BCUT2D eigenvalue weighted by atomic mass is 35.5. The number of carbonyl (C=O) groups is 1. The van der Waals surface area contributed by atoms with Crippen LogP contribution in [0.25, 0.3) is 0 Å². The molecule has 0 fully saturated rings. The van der Waals surface area contributed by atoms with Crippen LogP contribution in [-0.2, 0) is 6.42 Å². The summed E-state index contributed by atoms with van der Waals surface area (Å²) in [5, 5.41) is 14.7. The summed E-state index contributed by atoms with van der Waals surface area (Å²) in [6, 6.07) is 3.40.